The number of aryl methyl sites for hydroxylation is 1. The number of aromatic nitrogens is 1. The highest BCUT2D eigenvalue weighted by Crippen LogP contribution is 2.24. The van der Waals surface area contributed by atoms with Crippen LogP contribution in [-0.4, -0.2) is 22.1 Å². The molecule has 0 aliphatic rings. The van der Waals surface area contributed by atoms with Crippen LogP contribution in [0.1, 0.15) is 43.6 Å². The van der Waals surface area contributed by atoms with Gasteiger partial charge in [-0.3, -0.25) is 0 Å². The van der Waals surface area contributed by atoms with Gasteiger partial charge in [-0.2, -0.15) is 0 Å². The smallest absolute Gasteiger partial charge is 0.339 e. The maximum atomic E-state index is 11.2. The maximum Gasteiger partial charge on any atom is 0.339 e. The summed E-state index contributed by atoms with van der Waals surface area (Å²) in [6.45, 7) is 10.1. The van der Waals surface area contributed by atoms with E-state index >= 15 is 0 Å². The summed E-state index contributed by atoms with van der Waals surface area (Å²) in [5.41, 5.74) is 1.01. The van der Waals surface area contributed by atoms with Crippen LogP contribution in [0.2, 0.25) is 0 Å². The number of hydrogen-bond acceptors (Lipinski definition) is 3. The highest BCUT2D eigenvalue weighted by Gasteiger charge is 2.23. The van der Waals surface area contributed by atoms with E-state index in [1.165, 1.54) is 0 Å². The van der Waals surface area contributed by atoms with Crippen molar-refractivity contribution in [2.24, 2.45) is 5.41 Å². The van der Waals surface area contributed by atoms with E-state index in [2.05, 4.69) is 31.1 Å². The number of rotatable bonds is 3. The van der Waals surface area contributed by atoms with Crippen LogP contribution in [0.25, 0.3) is 0 Å². The minimum atomic E-state index is -0.945. The van der Waals surface area contributed by atoms with Gasteiger partial charge in [-0.25, -0.2) is 9.78 Å². The zero-order valence-corrected chi connectivity index (χ0v) is 11.0. The van der Waals surface area contributed by atoms with Gasteiger partial charge in [-0.1, -0.05) is 20.8 Å². The Morgan fingerprint density at radius 2 is 2.06 bits per heavy atom. The molecule has 94 valence electrons. The minimum Gasteiger partial charge on any atom is -0.478 e. The summed E-state index contributed by atoms with van der Waals surface area (Å²) in [5, 5.41) is 12.4. The van der Waals surface area contributed by atoms with E-state index < -0.39 is 5.97 Å². The number of nitrogens with zero attached hydrogens (tertiary/aromatic N) is 1. The highest BCUT2D eigenvalue weighted by atomic mass is 16.4. The van der Waals surface area contributed by atoms with Gasteiger partial charge in [0.05, 0.1) is 0 Å². The van der Waals surface area contributed by atoms with Crippen LogP contribution in [0.3, 0.4) is 0 Å². The van der Waals surface area contributed by atoms with Crippen LogP contribution < -0.4 is 5.32 Å². The summed E-state index contributed by atoms with van der Waals surface area (Å²) in [4.78, 5) is 15.3. The van der Waals surface area contributed by atoms with E-state index in [1.54, 1.807) is 19.2 Å². The topological polar surface area (TPSA) is 62.2 Å². The van der Waals surface area contributed by atoms with E-state index in [1.807, 2.05) is 6.92 Å². The largest absolute Gasteiger partial charge is 0.478 e. The van der Waals surface area contributed by atoms with E-state index in [9.17, 15) is 9.90 Å². The predicted molar refractivity (Wildman–Crippen MR) is 68.5 cm³/mol. The third-order valence-corrected chi connectivity index (χ3v) is 3.03. The van der Waals surface area contributed by atoms with Crippen molar-refractivity contribution in [3.05, 3.63) is 23.4 Å². The first kappa shape index (κ1) is 13.5. The second-order valence-corrected chi connectivity index (χ2v) is 5.39. The molecule has 17 heavy (non-hydrogen) atoms. The van der Waals surface area contributed by atoms with E-state index in [-0.39, 0.29) is 17.0 Å². The van der Waals surface area contributed by atoms with Crippen LogP contribution in [0, 0.1) is 12.3 Å². The molecular weight excluding hydrogens is 216 g/mol. The molecule has 0 aromatic carbocycles. The molecule has 0 saturated heterocycles. The van der Waals surface area contributed by atoms with Crippen molar-refractivity contribution in [2.75, 3.05) is 5.32 Å². The Hall–Kier alpha value is -1.58. The normalized spacial score (nSPS) is 13.2. The first-order valence-corrected chi connectivity index (χ1v) is 5.69. The molecule has 0 aliphatic carbocycles. The lowest BCUT2D eigenvalue weighted by atomic mass is 9.88. The SMILES string of the molecule is Cc1ccnc(NC(C)C(C)(C)C)c1C(=O)O. The van der Waals surface area contributed by atoms with Crippen LogP contribution in [0.5, 0.6) is 0 Å². The molecule has 0 bridgehead atoms. The Kier molecular flexibility index (Phi) is 3.76. The Balaban J connectivity index is 3.07. The number of pyridine rings is 1. The van der Waals surface area contributed by atoms with Crippen molar-refractivity contribution in [1.82, 2.24) is 4.98 Å². The average Bonchev–Trinajstić information content (AvgIpc) is 2.15. The second-order valence-electron chi connectivity index (χ2n) is 5.39. The molecular formula is C13H20N2O2. The lowest BCUT2D eigenvalue weighted by Gasteiger charge is -2.29. The molecule has 4 heteroatoms. The van der Waals surface area contributed by atoms with Crippen LogP contribution in [-0.2, 0) is 0 Å². The van der Waals surface area contributed by atoms with Gasteiger partial charge in [0.15, 0.2) is 0 Å². The number of hydrogen-bond donors (Lipinski definition) is 2. The quantitative estimate of drug-likeness (QED) is 0.847. The molecule has 0 radical (unpaired) electrons. The fraction of sp³-hybridized carbons (Fsp3) is 0.538. The van der Waals surface area contributed by atoms with Crippen molar-refractivity contribution < 1.29 is 9.90 Å². The molecule has 1 aromatic heterocycles. The van der Waals surface area contributed by atoms with E-state index in [4.69, 9.17) is 0 Å². The average molecular weight is 236 g/mol. The number of nitrogens with one attached hydrogen (secondary N) is 1. The molecule has 1 heterocycles. The van der Waals surface area contributed by atoms with E-state index in [0.29, 0.717) is 5.82 Å². The summed E-state index contributed by atoms with van der Waals surface area (Å²) < 4.78 is 0. The van der Waals surface area contributed by atoms with Crippen LogP contribution >= 0.6 is 0 Å². The van der Waals surface area contributed by atoms with Crippen molar-refractivity contribution in [1.29, 1.82) is 0 Å². The Bertz CT molecular complexity index is 422. The third kappa shape index (κ3) is 3.19. The summed E-state index contributed by atoms with van der Waals surface area (Å²) in [6, 6.07) is 1.84. The Morgan fingerprint density at radius 1 is 1.47 bits per heavy atom. The van der Waals surface area contributed by atoms with Gasteiger partial charge in [0.2, 0.25) is 0 Å². The van der Waals surface area contributed by atoms with Gasteiger partial charge in [-0.15, -0.1) is 0 Å². The molecule has 0 saturated carbocycles. The number of carboxylic acid groups (broad SMARTS) is 1. The predicted octanol–water partition coefficient (Wildman–Crippen LogP) is 2.93. The number of carboxylic acids is 1. The van der Waals surface area contributed by atoms with Gasteiger partial charge in [0, 0.05) is 12.2 Å². The zero-order chi connectivity index (χ0) is 13.2. The van der Waals surface area contributed by atoms with Gasteiger partial charge in [0.25, 0.3) is 0 Å². The van der Waals surface area contributed by atoms with Crippen LogP contribution in [0.15, 0.2) is 12.3 Å². The molecule has 1 unspecified atom stereocenters. The van der Waals surface area contributed by atoms with Crippen molar-refractivity contribution >= 4 is 11.8 Å². The molecule has 4 nitrogen and oxygen atoms in total. The molecule has 1 aromatic rings. The fourth-order valence-electron chi connectivity index (χ4n) is 1.36. The van der Waals surface area contributed by atoms with E-state index in [0.717, 1.165) is 5.56 Å². The van der Waals surface area contributed by atoms with Crippen LogP contribution in [0.4, 0.5) is 5.82 Å². The molecule has 0 amide bonds. The lowest BCUT2D eigenvalue weighted by molar-refractivity contribution is 0.0696. The molecule has 0 fully saturated rings. The molecule has 1 atom stereocenters. The van der Waals surface area contributed by atoms with Crippen molar-refractivity contribution in [3.8, 4) is 0 Å². The summed E-state index contributed by atoms with van der Waals surface area (Å²) in [7, 11) is 0. The lowest BCUT2D eigenvalue weighted by Crippen LogP contribution is -2.32. The zero-order valence-electron chi connectivity index (χ0n) is 11.0. The summed E-state index contributed by atoms with van der Waals surface area (Å²) in [5.74, 6) is -0.501. The molecule has 2 N–H and O–H groups in total. The van der Waals surface area contributed by atoms with Gasteiger partial charge >= 0.3 is 5.97 Å². The third-order valence-electron chi connectivity index (χ3n) is 3.03. The Labute approximate surface area is 102 Å². The highest BCUT2D eigenvalue weighted by molar-refractivity contribution is 5.94. The first-order valence-electron chi connectivity index (χ1n) is 5.69. The minimum absolute atomic E-state index is 0.0429. The molecule has 0 aliphatic heterocycles. The molecule has 0 spiro atoms. The number of anilines is 1. The summed E-state index contributed by atoms with van der Waals surface area (Å²) in [6.07, 6.45) is 1.62. The first-order chi connectivity index (χ1) is 7.73. The summed E-state index contributed by atoms with van der Waals surface area (Å²) >= 11 is 0. The second kappa shape index (κ2) is 4.73. The maximum absolute atomic E-state index is 11.2. The van der Waals surface area contributed by atoms with Gasteiger partial charge < -0.3 is 10.4 Å². The number of carbonyl (C=O) groups is 1. The Morgan fingerprint density at radius 3 is 2.53 bits per heavy atom. The molecule has 1 rings (SSSR count). The van der Waals surface area contributed by atoms with Crippen molar-refractivity contribution in [3.63, 3.8) is 0 Å². The monoisotopic (exact) mass is 236 g/mol. The van der Waals surface area contributed by atoms with Gasteiger partial charge in [-0.05, 0) is 30.9 Å². The standard InChI is InChI=1S/C13H20N2O2/c1-8-6-7-14-11(10(8)12(16)17)15-9(2)13(3,4)5/h6-7,9H,1-5H3,(H,14,15)(H,16,17). The number of aromatic carboxylic acids is 1. The van der Waals surface area contributed by atoms with Crippen molar-refractivity contribution in [2.45, 2.75) is 40.7 Å². The van der Waals surface area contributed by atoms with Gasteiger partial charge in [0.1, 0.15) is 11.4 Å². The fourth-order valence-corrected chi connectivity index (χ4v) is 1.36.